The van der Waals surface area contributed by atoms with E-state index in [0.717, 1.165) is 16.9 Å². The van der Waals surface area contributed by atoms with E-state index in [1.165, 1.54) is 18.4 Å². The van der Waals surface area contributed by atoms with E-state index < -0.39 is 0 Å². The summed E-state index contributed by atoms with van der Waals surface area (Å²) >= 11 is 6.02. The fourth-order valence-corrected chi connectivity index (χ4v) is 3.30. The van der Waals surface area contributed by atoms with Gasteiger partial charge in [0, 0.05) is 17.1 Å². The molecule has 0 spiro atoms. The van der Waals surface area contributed by atoms with Gasteiger partial charge in [0.05, 0.1) is 0 Å². The third-order valence-corrected chi connectivity index (χ3v) is 4.41. The van der Waals surface area contributed by atoms with Crippen LogP contribution in [0.25, 0.3) is 0 Å². The highest BCUT2D eigenvalue weighted by atomic mass is 35.5. The molecule has 0 heterocycles. The zero-order valence-electron chi connectivity index (χ0n) is 10.1. The molecule has 0 aliphatic heterocycles. The minimum atomic E-state index is 0.383. The minimum absolute atomic E-state index is 0.383. The van der Waals surface area contributed by atoms with E-state index in [9.17, 15) is 0 Å². The standard InChI is InChI=1S/C15H18ClN/c1-10(11-4-2-6-13(16)8-11)17-15-9-12-5-3-7-14(12)15/h2-4,6-8,10,12,14-15,17H,5,9H2,1H3/t10-,12?,14?,15?/m0/s1. The van der Waals surface area contributed by atoms with Crippen molar-refractivity contribution in [1.29, 1.82) is 0 Å². The number of hydrogen-bond donors (Lipinski definition) is 1. The topological polar surface area (TPSA) is 12.0 Å². The van der Waals surface area contributed by atoms with Crippen LogP contribution in [0, 0.1) is 11.8 Å². The molecule has 90 valence electrons. The van der Waals surface area contributed by atoms with Gasteiger partial charge < -0.3 is 5.32 Å². The van der Waals surface area contributed by atoms with E-state index >= 15 is 0 Å². The lowest BCUT2D eigenvalue weighted by atomic mass is 9.71. The van der Waals surface area contributed by atoms with Crippen LogP contribution in [0.3, 0.4) is 0 Å². The Balaban J connectivity index is 1.64. The van der Waals surface area contributed by atoms with E-state index in [1.807, 2.05) is 12.1 Å². The molecule has 2 heteroatoms. The minimum Gasteiger partial charge on any atom is -0.307 e. The quantitative estimate of drug-likeness (QED) is 0.798. The molecule has 4 atom stereocenters. The van der Waals surface area contributed by atoms with Crippen molar-refractivity contribution in [3.05, 3.63) is 47.0 Å². The van der Waals surface area contributed by atoms with Crippen LogP contribution in [0.2, 0.25) is 5.02 Å². The summed E-state index contributed by atoms with van der Waals surface area (Å²) in [5, 5.41) is 4.54. The van der Waals surface area contributed by atoms with Gasteiger partial charge in [0.2, 0.25) is 0 Å². The Labute approximate surface area is 108 Å². The summed E-state index contributed by atoms with van der Waals surface area (Å²) in [6, 6.07) is 9.19. The molecular formula is C15H18ClN. The fraction of sp³-hybridized carbons (Fsp3) is 0.467. The Bertz CT molecular complexity index is 440. The summed E-state index contributed by atoms with van der Waals surface area (Å²) in [5.41, 5.74) is 1.28. The molecular weight excluding hydrogens is 230 g/mol. The summed E-state index contributed by atoms with van der Waals surface area (Å²) in [6.07, 6.45) is 7.33. The van der Waals surface area contributed by atoms with E-state index in [1.54, 1.807) is 0 Å². The molecule has 3 rings (SSSR count). The molecule has 1 saturated carbocycles. The molecule has 1 N–H and O–H groups in total. The molecule has 1 aromatic rings. The third-order valence-electron chi connectivity index (χ3n) is 4.18. The number of allylic oxidation sites excluding steroid dienone is 1. The molecule has 0 amide bonds. The van der Waals surface area contributed by atoms with Crippen molar-refractivity contribution >= 4 is 11.6 Å². The van der Waals surface area contributed by atoms with Gasteiger partial charge in [-0.25, -0.2) is 0 Å². The highest BCUT2D eigenvalue weighted by molar-refractivity contribution is 6.30. The van der Waals surface area contributed by atoms with Crippen LogP contribution in [0.4, 0.5) is 0 Å². The number of hydrogen-bond acceptors (Lipinski definition) is 1. The fourth-order valence-electron chi connectivity index (χ4n) is 3.10. The molecule has 0 saturated heterocycles. The number of nitrogens with one attached hydrogen (secondary N) is 1. The maximum Gasteiger partial charge on any atom is 0.0409 e. The SMILES string of the molecule is C[C@H](NC1CC2CC=CC21)c1cccc(Cl)c1. The van der Waals surface area contributed by atoms with Gasteiger partial charge >= 0.3 is 0 Å². The monoisotopic (exact) mass is 247 g/mol. The molecule has 0 radical (unpaired) electrons. The van der Waals surface area contributed by atoms with Gasteiger partial charge in [-0.3, -0.25) is 0 Å². The molecule has 1 nitrogen and oxygen atoms in total. The maximum atomic E-state index is 6.02. The zero-order chi connectivity index (χ0) is 11.8. The Morgan fingerprint density at radius 1 is 1.41 bits per heavy atom. The Morgan fingerprint density at radius 2 is 2.29 bits per heavy atom. The largest absolute Gasteiger partial charge is 0.307 e. The van der Waals surface area contributed by atoms with Crippen LogP contribution in [0.5, 0.6) is 0 Å². The first-order valence-electron chi connectivity index (χ1n) is 6.42. The van der Waals surface area contributed by atoms with Crippen molar-refractivity contribution in [3.8, 4) is 0 Å². The van der Waals surface area contributed by atoms with Gasteiger partial charge in [-0.1, -0.05) is 35.9 Å². The van der Waals surface area contributed by atoms with Crippen molar-refractivity contribution in [2.24, 2.45) is 11.8 Å². The first-order chi connectivity index (χ1) is 8.24. The highest BCUT2D eigenvalue weighted by Gasteiger charge is 2.41. The average molecular weight is 248 g/mol. The lowest BCUT2D eigenvalue weighted by Crippen LogP contribution is -2.48. The summed E-state index contributed by atoms with van der Waals surface area (Å²) < 4.78 is 0. The smallest absolute Gasteiger partial charge is 0.0409 e. The predicted molar refractivity (Wildman–Crippen MR) is 72.1 cm³/mol. The van der Waals surface area contributed by atoms with Crippen LogP contribution < -0.4 is 5.32 Å². The highest BCUT2D eigenvalue weighted by Crippen LogP contribution is 2.43. The number of rotatable bonds is 3. The van der Waals surface area contributed by atoms with Crippen molar-refractivity contribution in [3.63, 3.8) is 0 Å². The lowest BCUT2D eigenvalue weighted by molar-refractivity contribution is 0.152. The summed E-state index contributed by atoms with van der Waals surface area (Å²) in [5.74, 6) is 1.69. The first-order valence-corrected chi connectivity index (χ1v) is 6.80. The van der Waals surface area contributed by atoms with Crippen LogP contribution >= 0.6 is 11.6 Å². The van der Waals surface area contributed by atoms with Crippen molar-refractivity contribution in [1.82, 2.24) is 5.32 Å². The second-order valence-electron chi connectivity index (χ2n) is 5.29. The van der Waals surface area contributed by atoms with Gasteiger partial charge in [-0.05, 0) is 49.3 Å². The van der Waals surface area contributed by atoms with Gasteiger partial charge in [-0.2, -0.15) is 0 Å². The van der Waals surface area contributed by atoms with Crippen LogP contribution in [0.1, 0.15) is 31.4 Å². The summed E-state index contributed by atoms with van der Waals surface area (Å²) in [6.45, 7) is 2.22. The summed E-state index contributed by atoms with van der Waals surface area (Å²) in [7, 11) is 0. The van der Waals surface area contributed by atoms with E-state index in [-0.39, 0.29) is 0 Å². The van der Waals surface area contributed by atoms with Gasteiger partial charge in [0.1, 0.15) is 0 Å². The third kappa shape index (κ3) is 2.14. The molecule has 1 aromatic carbocycles. The van der Waals surface area contributed by atoms with Gasteiger partial charge in [0.25, 0.3) is 0 Å². The van der Waals surface area contributed by atoms with Gasteiger partial charge in [-0.15, -0.1) is 0 Å². The Morgan fingerprint density at radius 3 is 3.06 bits per heavy atom. The van der Waals surface area contributed by atoms with E-state index in [4.69, 9.17) is 11.6 Å². The molecule has 1 fully saturated rings. The van der Waals surface area contributed by atoms with E-state index in [0.29, 0.717) is 12.1 Å². The second kappa shape index (κ2) is 4.47. The number of benzene rings is 1. The van der Waals surface area contributed by atoms with Crippen LogP contribution in [0.15, 0.2) is 36.4 Å². The summed E-state index contributed by atoms with van der Waals surface area (Å²) in [4.78, 5) is 0. The average Bonchev–Trinajstić information content (AvgIpc) is 2.67. The molecule has 2 aliphatic carbocycles. The van der Waals surface area contributed by atoms with E-state index in [2.05, 4.69) is 36.5 Å². The lowest BCUT2D eigenvalue weighted by Gasteiger charge is -2.42. The number of halogens is 1. The normalized spacial score (nSPS) is 32.0. The molecule has 0 bridgehead atoms. The Kier molecular flexibility index (Phi) is 2.97. The van der Waals surface area contributed by atoms with Crippen LogP contribution in [-0.4, -0.2) is 6.04 Å². The molecule has 17 heavy (non-hydrogen) atoms. The molecule has 0 aromatic heterocycles. The van der Waals surface area contributed by atoms with Crippen molar-refractivity contribution < 1.29 is 0 Å². The molecule has 2 aliphatic rings. The maximum absolute atomic E-state index is 6.02. The van der Waals surface area contributed by atoms with Crippen LogP contribution in [-0.2, 0) is 0 Å². The van der Waals surface area contributed by atoms with Gasteiger partial charge in [0.15, 0.2) is 0 Å². The predicted octanol–water partition coefficient (Wildman–Crippen LogP) is 3.96. The molecule has 3 unspecified atom stereocenters. The number of fused-ring (bicyclic) bond motifs is 1. The van der Waals surface area contributed by atoms with Crippen molar-refractivity contribution in [2.45, 2.75) is 31.8 Å². The zero-order valence-corrected chi connectivity index (χ0v) is 10.8. The first kappa shape index (κ1) is 11.3. The Hall–Kier alpha value is -0.790. The second-order valence-corrected chi connectivity index (χ2v) is 5.72. The van der Waals surface area contributed by atoms with Crippen molar-refractivity contribution in [2.75, 3.05) is 0 Å².